The van der Waals surface area contributed by atoms with E-state index in [1.54, 1.807) is 12.1 Å². The van der Waals surface area contributed by atoms with Crippen LogP contribution in [0.4, 0.5) is 0 Å². The number of aryl methyl sites for hydroxylation is 1. The molecular weight excluding hydrogens is 542 g/mol. The summed E-state index contributed by atoms with van der Waals surface area (Å²) in [5, 5.41) is 0. The van der Waals surface area contributed by atoms with Crippen LogP contribution in [0, 0.1) is 36.5 Å². The third-order valence-corrected chi connectivity index (χ3v) is 10.2. The molecule has 32 heavy (non-hydrogen) atoms. The van der Waals surface area contributed by atoms with E-state index in [0.29, 0.717) is 12.0 Å². The molecule has 2 saturated carbocycles. The number of amides is 2. The van der Waals surface area contributed by atoms with Gasteiger partial charge in [-0.3, -0.25) is 19.3 Å². The van der Waals surface area contributed by atoms with Crippen molar-refractivity contribution in [2.24, 2.45) is 29.6 Å². The molecule has 2 amide bonds. The summed E-state index contributed by atoms with van der Waals surface area (Å²) < 4.78 is 5.34. The molecule has 1 aromatic rings. The third kappa shape index (κ3) is 3.98. The number of carbonyl (C=O) groups is 4. The number of benzene rings is 1. The normalized spacial score (nSPS) is 31.9. The lowest BCUT2D eigenvalue weighted by atomic mass is 9.81. The van der Waals surface area contributed by atoms with Crippen LogP contribution in [0.2, 0.25) is 0 Å². The molecule has 6 nitrogen and oxygen atoms in total. The van der Waals surface area contributed by atoms with Gasteiger partial charge in [-0.15, -0.1) is 0 Å². The van der Waals surface area contributed by atoms with Crippen LogP contribution in [0.3, 0.4) is 0 Å². The number of hydrogen-bond donors (Lipinski definition) is 0. The summed E-state index contributed by atoms with van der Waals surface area (Å²) in [6.45, 7) is 5.36. The fraction of sp³-hybridized carbons (Fsp3) is 0.583. The highest BCUT2D eigenvalue weighted by Crippen LogP contribution is 2.60. The van der Waals surface area contributed by atoms with Gasteiger partial charge in [0.1, 0.15) is 6.04 Å². The first kappa shape index (κ1) is 23.6. The Kier molecular flexibility index (Phi) is 6.65. The molecule has 0 unspecified atom stereocenters. The van der Waals surface area contributed by atoms with Crippen LogP contribution in [-0.2, 0) is 19.1 Å². The van der Waals surface area contributed by atoms with E-state index in [2.05, 4.69) is 31.9 Å². The minimum absolute atomic E-state index is 0.0611. The maximum Gasteiger partial charge on any atom is 0.329 e. The Hall–Kier alpha value is -1.54. The Labute approximate surface area is 204 Å². The Balaban J connectivity index is 1.50. The van der Waals surface area contributed by atoms with Gasteiger partial charge < -0.3 is 4.74 Å². The van der Waals surface area contributed by atoms with Crippen LogP contribution in [0.5, 0.6) is 0 Å². The van der Waals surface area contributed by atoms with E-state index in [9.17, 15) is 19.2 Å². The zero-order valence-electron chi connectivity index (χ0n) is 18.3. The summed E-state index contributed by atoms with van der Waals surface area (Å²) >= 11 is 7.36. The Morgan fingerprint density at radius 2 is 1.56 bits per heavy atom. The average molecular weight is 569 g/mol. The highest BCUT2D eigenvalue weighted by Gasteiger charge is 2.67. The number of carbonyl (C=O) groups excluding carboxylic acids is 4. The van der Waals surface area contributed by atoms with E-state index in [1.807, 2.05) is 32.9 Å². The van der Waals surface area contributed by atoms with Crippen LogP contribution in [0.15, 0.2) is 24.3 Å². The van der Waals surface area contributed by atoms with E-state index in [-0.39, 0.29) is 56.8 Å². The van der Waals surface area contributed by atoms with Crippen LogP contribution in [0.25, 0.3) is 0 Å². The molecule has 7 atom stereocenters. The molecule has 0 radical (unpaired) electrons. The van der Waals surface area contributed by atoms with E-state index >= 15 is 0 Å². The van der Waals surface area contributed by atoms with Crippen molar-refractivity contribution >= 4 is 55.4 Å². The van der Waals surface area contributed by atoms with Gasteiger partial charge in [0.2, 0.25) is 11.8 Å². The molecule has 0 spiro atoms. The zero-order chi connectivity index (χ0) is 23.3. The predicted octanol–water partition coefficient (Wildman–Crippen LogP) is 3.91. The fourth-order valence-corrected chi connectivity index (χ4v) is 7.36. The second-order valence-corrected chi connectivity index (χ2v) is 11.7. The molecule has 0 N–H and O–H groups in total. The SMILES string of the molecule is Cc1ccc(C(=O)COC(=O)[C@H](CC(C)C)N2C(=O)[C@@H]3[C@@H]4C[C@H]([C@H](Br)[C@@H]4Br)[C@@H]3C2=O)cc1. The van der Waals surface area contributed by atoms with Crippen molar-refractivity contribution in [1.29, 1.82) is 0 Å². The third-order valence-electron chi connectivity index (χ3n) is 7.02. The van der Waals surface area contributed by atoms with Crippen molar-refractivity contribution in [3.63, 3.8) is 0 Å². The number of nitrogens with zero attached hydrogens (tertiary/aromatic N) is 1. The molecule has 1 aromatic carbocycles. The molecule has 1 saturated heterocycles. The van der Waals surface area contributed by atoms with Crippen LogP contribution < -0.4 is 0 Å². The Morgan fingerprint density at radius 3 is 2.06 bits per heavy atom. The van der Waals surface area contributed by atoms with E-state index in [4.69, 9.17) is 4.74 Å². The maximum atomic E-state index is 13.4. The monoisotopic (exact) mass is 567 g/mol. The van der Waals surface area contributed by atoms with Gasteiger partial charge in [0.15, 0.2) is 12.4 Å². The van der Waals surface area contributed by atoms with Crippen molar-refractivity contribution < 1.29 is 23.9 Å². The summed E-state index contributed by atoms with van der Waals surface area (Å²) in [5.74, 6) is -2.12. The minimum atomic E-state index is -1.01. The largest absolute Gasteiger partial charge is 0.456 e. The van der Waals surface area contributed by atoms with Crippen molar-refractivity contribution in [3.05, 3.63) is 35.4 Å². The second kappa shape index (κ2) is 9.01. The van der Waals surface area contributed by atoms with Gasteiger partial charge in [0, 0.05) is 15.2 Å². The van der Waals surface area contributed by atoms with E-state index < -0.39 is 18.6 Å². The number of esters is 1. The van der Waals surface area contributed by atoms with Crippen molar-refractivity contribution in [2.45, 2.75) is 49.3 Å². The molecule has 1 heterocycles. The summed E-state index contributed by atoms with van der Waals surface area (Å²) in [6.07, 6.45) is 1.14. The molecule has 3 aliphatic rings. The van der Waals surface area contributed by atoms with Crippen LogP contribution >= 0.6 is 31.9 Å². The topological polar surface area (TPSA) is 80.8 Å². The number of fused-ring (bicyclic) bond motifs is 5. The molecular formula is C24H27Br2NO5. The number of hydrogen-bond acceptors (Lipinski definition) is 5. The first-order chi connectivity index (χ1) is 15.1. The van der Waals surface area contributed by atoms with E-state index in [1.165, 1.54) is 0 Å². The highest BCUT2D eigenvalue weighted by atomic mass is 79.9. The van der Waals surface area contributed by atoms with Gasteiger partial charge >= 0.3 is 5.97 Å². The first-order valence-electron chi connectivity index (χ1n) is 11.0. The Morgan fingerprint density at radius 1 is 1.03 bits per heavy atom. The molecule has 2 bridgehead atoms. The average Bonchev–Trinajstić information content (AvgIpc) is 3.35. The maximum absolute atomic E-state index is 13.4. The number of ether oxygens (including phenoxy) is 1. The molecule has 8 heteroatoms. The number of Topliss-reactive ketones (excluding diaryl/α,β-unsaturated/α-hetero) is 1. The van der Waals surface area contributed by atoms with Gasteiger partial charge in [-0.05, 0) is 37.5 Å². The summed E-state index contributed by atoms with van der Waals surface area (Å²) in [5.41, 5.74) is 1.48. The highest BCUT2D eigenvalue weighted by molar-refractivity contribution is 9.12. The number of rotatable bonds is 7. The van der Waals surface area contributed by atoms with Gasteiger partial charge in [0.25, 0.3) is 0 Å². The van der Waals surface area contributed by atoms with Crippen molar-refractivity contribution in [1.82, 2.24) is 4.90 Å². The molecule has 3 fully saturated rings. The Bertz CT molecular complexity index is 914. The summed E-state index contributed by atoms with van der Waals surface area (Å²) in [4.78, 5) is 53.6. The standard InChI is InChI=1S/C24H27Br2NO5/c1-11(2)8-16(24(31)32-10-17(28)13-6-4-12(3)5-7-13)27-22(29)18-14-9-15(19(18)23(27)30)21(26)20(14)25/h4-7,11,14-16,18-21H,8-10H2,1-3H3/t14-,15-,16-,18-,19+,20-,21+/m0/s1. The summed E-state index contributed by atoms with van der Waals surface area (Å²) in [7, 11) is 0. The first-order valence-corrected chi connectivity index (χ1v) is 12.9. The van der Waals surface area contributed by atoms with Gasteiger partial charge in [0.05, 0.1) is 11.8 Å². The quantitative estimate of drug-likeness (QED) is 0.216. The molecule has 1 aliphatic heterocycles. The number of imide groups is 1. The second-order valence-electron chi connectivity index (χ2n) is 9.59. The van der Waals surface area contributed by atoms with Crippen molar-refractivity contribution in [3.8, 4) is 0 Å². The molecule has 4 rings (SSSR count). The number of halogens is 2. The smallest absolute Gasteiger partial charge is 0.329 e. The number of ketones is 1. The number of alkyl halides is 2. The molecule has 0 aromatic heterocycles. The van der Waals surface area contributed by atoms with E-state index in [0.717, 1.165) is 16.9 Å². The number of likely N-dealkylation sites (tertiary alicyclic amines) is 1. The van der Waals surface area contributed by atoms with Crippen LogP contribution in [0.1, 0.15) is 42.6 Å². The lowest BCUT2D eigenvalue weighted by molar-refractivity contribution is -0.159. The van der Waals surface area contributed by atoms with Gasteiger partial charge in [-0.25, -0.2) is 4.79 Å². The predicted molar refractivity (Wildman–Crippen MR) is 126 cm³/mol. The summed E-state index contributed by atoms with van der Waals surface area (Å²) in [6, 6.07) is 6.01. The van der Waals surface area contributed by atoms with Crippen molar-refractivity contribution in [2.75, 3.05) is 6.61 Å². The van der Waals surface area contributed by atoms with Gasteiger partial charge in [-0.1, -0.05) is 75.5 Å². The fourth-order valence-electron chi connectivity index (χ4n) is 5.49. The molecule has 172 valence electrons. The lowest BCUT2D eigenvalue weighted by Crippen LogP contribution is -2.48. The zero-order valence-corrected chi connectivity index (χ0v) is 21.5. The van der Waals surface area contributed by atoms with Crippen LogP contribution in [-0.4, -0.2) is 50.8 Å². The minimum Gasteiger partial charge on any atom is -0.456 e. The lowest BCUT2D eigenvalue weighted by Gasteiger charge is -2.28. The molecule has 2 aliphatic carbocycles. The van der Waals surface area contributed by atoms with Gasteiger partial charge in [-0.2, -0.15) is 0 Å².